The van der Waals surface area contributed by atoms with Gasteiger partial charge >= 0.3 is 0 Å². The molecule has 174 valence electrons. The zero-order valence-corrected chi connectivity index (χ0v) is 20.7. The van der Waals surface area contributed by atoms with Crippen LogP contribution in [0.5, 0.6) is 5.75 Å². The summed E-state index contributed by atoms with van der Waals surface area (Å²) in [5.41, 5.74) is 3.91. The summed E-state index contributed by atoms with van der Waals surface area (Å²) >= 11 is 3.53. The Morgan fingerprint density at radius 2 is 1.74 bits per heavy atom. The van der Waals surface area contributed by atoms with Gasteiger partial charge in [-0.05, 0) is 74.5 Å². The van der Waals surface area contributed by atoms with Crippen LogP contribution < -0.4 is 10.1 Å². The molecule has 0 saturated carbocycles. The number of ether oxygens (including phenoxy) is 1. The third kappa shape index (κ3) is 4.72. The number of carbonyl (C=O) groups excluding carboxylic acids is 1. The van der Waals surface area contributed by atoms with Crippen LogP contribution in [-0.2, 0) is 11.3 Å². The lowest BCUT2D eigenvalue weighted by atomic mass is 9.95. The lowest BCUT2D eigenvalue weighted by Crippen LogP contribution is -2.38. The Morgan fingerprint density at radius 3 is 2.50 bits per heavy atom. The van der Waals surface area contributed by atoms with Gasteiger partial charge in [-0.15, -0.1) is 0 Å². The largest absolute Gasteiger partial charge is 0.495 e. The highest BCUT2D eigenvalue weighted by molar-refractivity contribution is 9.10. The Hall–Kier alpha value is -3.16. The minimum Gasteiger partial charge on any atom is -0.495 e. The summed E-state index contributed by atoms with van der Waals surface area (Å²) < 4.78 is 8.65. The topological polar surface area (TPSA) is 59.4 Å². The van der Waals surface area contributed by atoms with Crippen LogP contribution in [0.25, 0.3) is 16.7 Å². The predicted octanol–water partition coefficient (Wildman–Crippen LogP) is 5.65. The Balaban J connectivity index is 1.29. The Labute approximate surface area is 207 Å². The lowest BCUT2D eigenvalue weighted by Gasteiger charge is -2.31. The number of amides is 1. The smallest absolute Gasteiger partial charge is 0.227 e. The summed E-state index contributed by atoms with van der Waals surface area (Å²) in [5.74, 6) is 1.75. The molecule has 0 radical (unpaired) electrons. The van der Waals surface area contributed by atoms with Gasteiger partial charge in [-0.25, -0.2) is 4.98 Å². The first-order valence-corrected chi connectivity index (χ1v) is 12.3. The average molecular weight is 519 g/mol. The molecule has 7 heteroatoms. The van der Waals surface area contributed by atoms with E-state index in [0.717, 1.165) is 65.2 Å². The van der Waals surface area contributed by atoms with Crippen LogP contribution in [0.3, 0.4) is 0 Å². The van der Waals surface area contributed by atoms with Crippen molar-refractivity contribution in [3.8, 4) is 11.4 Å². The van der Waals surface area contributed by atoms with E-state index in [1.54, 1.807) is 7.11 Å². The van der Waals surface area contributed by atoms with Crippen molar-refractivity contribution < 1.29 is 9.53 Å². The van der Waals surface area contributed by atoms with E-state index in [9.17, 15) is 4.79 Å². The van der Waals surface area contributed by atoms with E-state index < -0.39 is 0 Å². The van der Waals surface area contributed by atoms with Gasteiger partial charge in [0.25, 0.3) is 0 Å². The van der Waals surface area contributed by atoms with Crippen molar-refractivity contribution in [3.63, 3.8) is 0 Å². The first kappa shape index (κ1) is 22.6. The van der Waals surface area contributed by atoms with Crippen LogP contribution >= 0.6 is 15.9 Å². The Bertz CT molecular complexity index is 1290. The van der Waals surface area contributed by atoms with E-state index in [0.29, 0.717) is 5.75 Å². The quantitative estimate of drug-likeness (QED) is 0.358. The number of hydrogen-bond acceptors (Lipinski definition) is 4. The summed E-state index contributed by atoms with van der Waals surface area (Å²) in [6.07, 6.45) is 1.64. The van der Waals surface area contributed by atoms with Crippen molar-refractivity contribution in [1.29, 1.82) is 0 Å². The van der Waals surface area contributed by atoms with E-state index in [1.807, 2.05) is 30.3 Å². The molecule has 1 aliphatic rings. The van der Waals surface area contributed by atoms with Gasteiger partial charge in [0.2, 0.25) is 5.91 Å². The average Bonchev–Trinajstić information content (AvgIpc) is 3.23. The number of imidazole rings is 1. The molecule has 34 heavy (non-hydrogen) atoms. The summed E-state index contributed by atoms with van der Waals surface area (Å²) in [7, 11) is 1.62. The van der Waals surface area contributed by atoms with Crippen LogP contribution in [0.15, 0.2) is 77.3 Å². The molecule has 0 unspecified atom stereocenters. The number of benzene rings is 3. The number of likely N-dealkylation sites (tertiary alicyclic amines) is 1. The summed E-state index contributed by atoms with van der Waals surface area (Å²) in [6, 6.07) is 24.1. The van der Waals surface area contributed by atoms with E-state index in [2.05, 4.69) is 73.2 Å². The van der Waals surface area contributed by atoms with Gasteiger partial charge in [0.05, 0.1) is 30.4 Å². The fourth-order valence-corrected chi connectivity index (χ4v) is 4.86. The maximum atomic E-state index is 12.9. The fourth-order valence-electron chi connectivity index (χ4n) is 4.60. The molecular weight excluding hydrogens is 492 g/mol. The van der Waals surface area contributed by atoms with Crippen LogP contribution in [-0.4, -0.2) is 40.6 Å². The second-order valence-corrected chi connectivity index (χ2v) is 9.48. The number of halogens is 1. The van der Waals surface area contributed by atoms with E-state index in [4.69, 9.17) is 9.72 Å². The monoisotopic (exact) mass is 518 g/mol. The van der Waals surface area contributed by atoms with Crippen LogP contribution in [0.2, 0.25) is 0 Å². The predicted molar refractivity (Wildman–Crippen MR) is 138 cm³/mol. The molecule has 0 atom stereocenters. The molecule has 3 aromatic carbocycles. The molecule has 1 amide bonds. The number of methoxy groups -OCH3 is 1. The number of anilines is 1. The van der Waals surface area contributed by atoms with Crippen molar-refractivity contribution in [2.24, 2.45) is 5.92 Å². The summed E-state index contributed by atoms with van der Waals surface area (Å²) in [4.78, 5) is 20.2. The van der Waals surface area contributed by atoms with Gasteiger partial charge in [0.1, 0.15) is 11.6 Å². The Morgan fingerprint density at radius 1 is 1.03 bits per heavy atom. The van der Waals surface area contributed by atoms with Crippen LogP contribution in [0, 0.1) is 5.92 Å². The number of nitrogens with zero attached hydrogens (tertiary/aromatic N) is 3. The fraction of sp³-hybridized carbons (Fsp3) is 0.259. The van der Waals surface area contributed by atoms with Crippen molar-refractivity contribution in [2.45, 2.75) is 19.4 Å². The molecule has 1 N–H and O–H groups in total. The molecule has 1 fully saturated rings. The van der Waals surface area contributed by atoms with E-state index in [1.165, 1.54) is 0 Å². The van der Waals surface area contributed by atoms with Gasteiger partial charge in [-0.1, -0.05) is 40.2 Å². The maximum absolute atomic E-state index is 12.9. The minimum atomic E-state index is -0.00791. The SMILES string of the molecule is COc1ccccc1NC(=O)C1CCN(Cc2nc3ccccc3n2-c2ccc(Br)cc2)CC1. The molecule has 0 bridgehead atoms. The highest BCUT2D eigenvalue weighted by Gasteiger charge is 2.27. The summed E-state index contributed by atoms with van der Waals surface area (Å²) in [6.45, 7) is 2.45. The zero-order chi connectivity index (χ0) is 23.5. The van der Waals surface area contributed by atoms with E-state index >= 15 is 0 Å². The van der Waals surface area contributed by atoms with Gasteiger partial charge in [-0.3, -0.25) is 14.3 Å². The molecule has 1 aromatic heterocycles. The van der Waals surface area contributed by atoms with Crippen molar-refractivity contribution in [2.75, 3.05) is 25.5 Å². The second-order valence-electron chi connectivity index (χ2n) is 8.57. The first-order chi connectivity index (χ1) is 16.6. The molecule has 4 aromatic rings. The number of rotatable bonds is 6. The van der Waals surface area contributed by atoms with Crippen molar-refractivity contribution >= 4 is 38.6 Å². The number of para-hydroxylation sites is 4. The minimum absolute atomic E-state index is 0.00791. The normalized spacial score (nSPS) is 14.9. The molecule has 2 heterocycles. The van der Waals surface area contributed by atoms with Gasteiger partial charge in [0, 0.05) is 16.1 Å². The standard InChI is InChI=1S/C27H27BrN4O2/c1-34-25-9-5-3-7-23(25)30-27(33)19-14-16-31(17-15-19)18-26-29-22-6-2-4-8-24(22)32(26)21-12-10-20(28)11-13-21/h2-13,19H,14-18H2,1H3,(H,30,33). The molecular formula is C27H27BrN4O2. The second kappa shape index (κ2) is 9.99. The molecule has 5 rings (SSSR count). The number of hydrogen-bond donors (Lipinski definition) is 1. The molecule has 6 nitrogen and oxygen atoms in total. The third-order valence-corrected chi connectivity index (χ3v) is 6.93. The number of aromatic nitrogens is 2. The number of piperidine rings is 1. The number of carbonyl (C=O) groups is 1. The molecule has 0 spiro atoms. The first-order valence-electron chi connectivity index (χ1n) is 11.5. The van der Waals surface area contributed by atoms with Gasteiger partial charge in [0.15, 0.2) is 0 Å². The highest BCUT2D eigenvalue weighted by Crippen LogP contribution is 2.28. The molecule has 0 aliphatic carbocycles. The number of nitrogens with one attached hydrogen (secondary N) is 1. The van der Waals surface area contributed by atoms with Crippen molar-refractivity contribution in [3.05, 3.63) is 83.1 Å². The molecule has 1 saturated heterocycles. The van der Waals surface area contributed by atoms with Gasteiger partial charge < -0.3 is 10.1 Å². The van der Waals surface area contributed by atoms with Crippen LogP contribution in [0.4, 0.5) is 5.69 Å². The molecule has 1 aliphatic heterocycles. The summed E-state index contributed by atoms with van der Waals surface area (Å²) in [5, 5.41) is 3.05. The highest BCUT2D eigenvalue weighted by atomic mass is 79.9. The maximum Gasteiger partial charge on any atom is 0.227 e. The van der Waals surface area contributed by atoms with Gasteiger partial charge in [-0.2, -0.15) is 0 Å². The van der Waals surface area contributed by atoms with Crippen molar-refractivity contribution in [1.82, 2.24) is 14.5 Å². The number of fused-ring (bicyclic) bond motifs is 1. The zero-order valence-electron chi connectivity index (χ0n) is 19.1. The van der Waals surface area contributed by atoms with E-state index in [-0.39, 0.29) is 11.8 Å². The lowest BCUT2D eigenvalue weighted by molar-refractivity contribution is -0.121. The Kier molecular flexibility index (Phi) is 6.65. The third-order valence-electron chi connectivity index (χ3n) is 6.40. The van der Waals surface area contributed by atoms with Crippen LogP contribution in [0.1, 0.15) is 18.7 Å².